The fourth-order valence-corrected chi connectivity index (χ4v) is 2.54. The summed E-state index contributed by atoms with van der Waals surface area (Å²) in [7, 11) is 4.17. The molecule has 1 radical (unpaired) electrons. The Kier molecular flexibility index (Phi) is 8.06. The zero-order valence-corrected chi connectivity index (χ0v) is 12.7. The molecule has 0 saturated carbocycles. The van der Waals surface area contributed by atoms with Crippen LogP contribution >= 0.6 is 0 Å². The lowest BCUT2D eigenvalue weighted by Crippen LogP contribution is -2.43. The van der Waals surface area contributed by atoms with E-state index < -0.39 is 0 Å². The Morgan fingerprint density at radius 3 is 1.94 bits per heavy atom. The van der Waals surface area contributed by atoms with Crippen LogP contribution in [0, 0.1) is 6.92 Å². The van der Waals surface area contributed by atoms with Crippen LogP contribution in [-0.4, -0.2) is 25.2 Å². The Labute approximate surface area is 109 Å². The fourth-order valence-electron chi connectivity index (χ4n) is 2.54. The summed E-state index contributed by atoms with van der Waals surface area (Å²) in [4.78, 5) is 0. The van der Waals surface area contributed by atoms with Crippen molar-refractivity contribution in [1.29, 1.82) is 0 Å². The maximum Gasteiger partial charge on any atom is 0.0175 e. The van der Waals surface area contributed by atoms with E-state index >= 15 is 0 Å². The molecule has 2 N–H and O–H groups in total. The topological polar surface area (TPSA) is 24.1 Å². The molecule has 0 fully saturated rings. The van der Waals surface area contributed by atoms with Gasteiger partial charge in [-0.1, -0.05) is 27.2 Å². The van der Waals surface area contributed by atoms with Crippen molar-refractivity contribution in [3.05, 3.63) is 6.92 Å². The molecule has 0 aromatic heterocycles. The highest BCUT2D eigenvalue weighted by molar-refractivity contribution is 4.88. The van der Waals surface area contributed by atoms with Crippen LogP contribution in [0.15, 0.2) is 0 Å². The second kappa shape index (κ2) is 8.10. The molecule has 2 unspecified atom stereocenters. The van der Waals surface area contributed by atoms with E-state index in [0.29, 0.717) is 11.1 Å². The Bertz CT molecular complexity index is 181. The standard InChI is InChI=1S/C15H33N2/c1-7-11-15(9-3,17-6)13-10-12-14(4,8-2)16-5/h16-17H,1,7-13H2,2-6H3. The molecule has 0 aliphatic heterocycles. The number of nitrogens with one attached hydrogen (secondary N) is 2. The third kappa shape index (κ3) is 5.39. The van der Waals surface area contributed by atoms with Gasteiger partial charge in [0.25, 0.3) is 0 Å². The first-order chi connectivity index (χ1) is 8.01. The van der Waals surface area contributed by atoms with Gasteiger partial charge in [0, 0.05) is 11.1 Å². The summed E-state index contributed by atoms with van der Waals surface area (Å²) in [6.07, 6.45) is 8.38. The molecular weight excluding hydrogens is 208 g/mol. The highest BCUT2D eigenvalue weighted by Gasteiger charge is 2.26. The predicted octanol–water partition coefficient (Wildman–Crippen LogP) is 3.53. The van der Waals surface area contributed by atoms with E-state index in [2.05, 4.69) is 52.4 Å². The van der Waals surface area contributed by atoms with Crippen LogP contribution in [-0.2, 0) is 0 Å². The maximum atomic E-state index is 4.00. The summed E-state index contributed by atoms with van der Waals surface area (Å²) < 4.78 is 0. The Morgan fingerprint density at radius 2 is 1.59 bits per heavy atom. The van der Waals surface area contributed by atoms with Crippen molar-refractivity contribution in [3.63, 3.8) is 0 Å². The molecular formula is C15H33N2. The van der Waals surface area contributed by atoms with Crippen LogP contribution in [0.4, 0.5) is 0 Å². The van der Waals surface area contributed by atoms with E-state index in [-0.39, 0.29) is 0 Å². The van der Waals surface area contributed by atoms with E-state index in [1.807, 2.05) is 0 Å². The summed E-state index contributed by atoms with van der Waals surface area (Å²) in [5.41, 5.74) is 0.613. The average Bonchev–Trinajstić information content (AvgIpc) is 2.37. The van der Waals surface area contributed by atoms with Gasteiger partial charge in [-0.15, -0.1) is 0 Å². The van der Waals surface area contributed by atoms with E-state index in [0.717, 1.165) is 6.42 Å². The first-order valence-corrected chi connectivity index (χ1v) is 7.18. The third-order valence-corrected chi connectivity index (χ3v) is 4.63. The number of rotatable bonds is 10. The molecule has 103 valence electrons. The molecule has 2 heteroatoms. The van der Waals surface area contributed by atoms with E-state index in [9.17, 15) is 0 Å². The lowest BCUT2D eigenvalue weighted by Gasteiger charge is -2.35. The second-order valence-electron chi connectivity index (χ2n) is 5.51. The predicted molar refractivity (Wildman–Crippen MR) is 78.3 cm³/mol. The summed E-state index contributed by atoms with van der Waals surface area (Å²) in [5, 5.41) is 6.98. The summed E-state index contributed by atoms with van der Waals surface area (Å²) in [6.45, 7) is 10.9. The molecule has 0 amide bonds. The van der Waals surface area contributed by atoms with Gasteiger partial charge in [0.2, 0.25) is 0 Å². The van der Waals surface area contributed by atoms with Crippen LogP contribution in [0.3, 0.4) is 0 Å². The molecule has 0 aromatic rings. The second-order valence-corrected chi connectivity index (χ2v) is 5.51. The van der Waals surface area contributed by atoms with Crippen molar-refractivity contribution in [2.24, 2.45) is 0 Å². The molecule has 0 bridgehead atoms. The Balaban J connectivity index is 4.22. The molecule has 0 rings (SSSR count). The monoisotopic (exact) mass is 241 g/mol. The SMILES string of the molecule is [CH2]CCC(CC)(CCCC(C)(CC)NC)NC. The smallest absolute Gasteiger partial charge is 0.0175 e. The molecule has 0 saturated heterocycles. The molecule has 0 aromatic carbocycles. The van der Waals surface area contributed by atoms with Crippen LogP contribution < -0.4 is 10.6 Å². The van der Waals surface area contributed by atoms with Gasteiger partial charge in [0.05, 0.1) is 0 Å². The first kappa shape index (κ1) is 16.9. The van der Waals surface area contributed by atoms with Gasteiger partial charge < -0.3 is 10.6 Å². The molecule has 0 heterocycles. The van der Waals surface area contributed by atoms with Gasteiger partial charge in [-0.2, -0.15) is 0 Å². The lowest BCUT2D eigenvalue weighted by molar-refractivity contribution is 0.256. The van der Waals surface area contributed by atoms with Crippen molar-refractivity contribution in [2.75, 3.05) is 14.1 Å². The van der Waals surface area contributed by atoms with Crippen LogP contribution in [0.1, 0.15) is 65.7 Å². The zero-order chi connectivity index (χ0) is 13.4. The van der Waals surface area contributed by atoms with Gasteiger partial charge >= 0.3 is 0 Å². The molecule has 2 nitrogen and oxygen atoms in total. The largest absolute Gasteiger partial charge is 0.315 e. The van der Waals surface area contributed by atoms with Crippen molar-refractivity contribution >= 4 is 0 Å². The minimum Gasteiger partial charge on any atom is -0.315 e. The molecule has 0 aliphatic rings. The van der Waals surface area contributed by atoms with Crippen molar-refractivity contribution in [1.82, 2.24) is 10.6 Å². The molecule has 17 heavy (non-hydrogen) atoms. The van der Waals surface area contributed by atoms with E-state index in [4.69, 9.17) is 0 Å². The van der Waals surface area contributed by atoms with Crippen LogP contribution in [0.5, 0.6) is 0 Å². The zero-order valence-electron chi connectivity index (χ0n) is 12.7. The van der Waals surface area contributed by atoms with Crippen LogP contribution in [0.2, 0.25) is 0 Å². The lowest BCUT2D eigenvalue weighted by atomic mass is 9.82. The first-order valence-electron chi connectivity index (χ1n) is 7.18. The quantitative estimate of drug-likeness (QED) is 0.611. The van der Waals surface area contributed by atoms with E-state index in [1.165, 1.54) is 38.5 Å². The molecule has 0 aliphatic carbocycles. The van der Waals surface area contributed by atoms with Gasteiger partial charge in [0.1, 0.15) is 0 Å². The normalized spacial score (nSPS) is 18.7. The Hall–Kier alpha value is -0.0800. The minimum atomic E-state index is 0.303. The molecule has 0 spiro atoms. The van der Waals surface area contributed by atoms with Crippen molar-refractivity contribution in [3.8, 4) is 0 Å². The summed E-state index contributed by atoms with van der Waals surface area (Å²) >= 11 is 0. The third-order valence-electron chi connectivity index (χ3n) is 4.63. The van der Waals surface area contributed by atoms with Gasteiger partial charge in [-0.3, -0.25) is 0 Å². The van der Waals surface area contributed by atoms with Crippen LogP contribution in [0.25, 0.3) is 0 Å². The van der Waals surface area contributed by atoms with Gasteiger partial charge in [-0.05, 0) is 59.5 Å². The highest BCUT2D eigenvalue weighted by atomic mass is 14.9. The maximum absolute atomic E-state index is 4.00. The van der Waals surface area contributed by atoms with Crippen molar-refractivity contribution < 1.29 is 0 Å². The summed E-state index contributed by atoms with van der Waals surface area (Å²) in [6, 6.07) is 0. The molecule has 2 atom stereocenters. The van der Waals surface area contributed by atoms with Gasteiger partial charge in [-0.25, -0.2) is 0 Å². The Morgan fingerprint density at radius 1 is 0.941 bits per heavy atom. The highest BCUT2D eigenvalue weighted by Crippen LogP contribution is 2.26. The summed E-state index contributed by atoms with van der Waals surface area (Å²) in [5.74, 6) is 0. The average molecular weight is 241 g/mol. The number of hydrogen-bond acceptors (Lipinski definition) is 2. The fraction of sp³-hybridized carbons (Fsp3) is 0.933. The van der Waals surface area contributed by atoms with Gasteiger partial charge in [0.15, 0.2) is 0 Å². The van der Waals surface area contributed by atoms with Crippen molar-refractivity contribution in [2.45, 2.75) is 76.8 Å². The minimum absolute atomic E-state index is 0.303. The number of hydrogen-bond donors (Lipinski definition) is 2. The van der Waals surface area contributed by atoms with E-state index in [1.54, 1.807) is 0 Å².